The maximum atomic E-state index is 13.3. The third-order valence-electron chi connectivity index (χ3n) is 8.58. The molecule has 4 bridgehead atoms. The van der Waals surface area contributed by atoms with Crippen LogP contribution in [0.4, 0.5) is 11.5 Å². The summed E-state index contributed by atoms with van der Waals surface area (Å²) in [5.41, 5.74) is 9.32. The quantitative estimate of drug-likeness (QED) is 0.760. The van der Waals surface area contributed by atoms with Crippen LogP contribution in [0.1, 0.15) is 56.9 Å². The van der Waals surface area contributed by atoms with Crippen LogP contribution in [0, 0.1) is 30.1 Å². The van der Waals surface area contributed by atoms with E-state index < -0.39 is 0 Å². The molecule has 31 heavy (non-hydrogen) atoms. The van der Waals surface area contributed by atoms with Gasteiger partial charge in [0.25, 0.3) is 0 Å². The first-order valence-corrected chi connectivity index (χ1v) is 12.2. The van der Waals surface area contributed by atoms with Crippen LogP contribution in [0.15, 0.2) is 24.3 Å². The van der Waals surface area contributed by atoms with Crippen LogP contribution in [0.3, 0.4) is 0 Å². The number of amides is 1. The number of anilines is 2. The number of carbonyl (C=O) groups is 1. The van der Waals surface area contributed by atoms with Gasteiger partial charge in [-0.2, -0.15) is 0 Å². The number of rotatable bonds is 4. The molecule has 5 aliphatic rings. The zero-order chi connectivity index (χ0) is 21.2. The number of hydrogen-bond acceptors (Lipinski definition) is 4. The molecular weight excluding hydrogens is 384 g/mol. The Kier molecular flexibility index (Phi) is 4.53. The summed E-state index contributed by atoms with van der Waals surface area (Å²) in [6, 6.07) is 8.58. The highest BCUT2D eigenvalue weighted by Crippen LogP contribution is 2.61. The molecule has 5 nitrogen and oxygen atoms in total. The first kappa shape index (κ1) is 19.5. The summed E-state index contributed by atoms with van der Waals surface area (Å²) in [6.07, 6.45) is 9.75. The van der Waals surface area contributed by atoms with Gasteiger partial charge in [0.05, 0.1) is 11.2 Å². The molecule has 4 aliphatic carbocycles. The molecule has 164 valence electrons. The smallest absolute Gasteiger partial charge is 0.224 e. The normalized spacial score (nSPS) is 33.9. The first-order valence-electron chi connectivity index (χ1n) is 12.2. The van der Waals surface area contributed by atoms with E-state index in [1.54, 1.807) is 0 Å². The molecule has 2 heterocycles. The maximum Gasteiger partial charge on any atom is 0.224 e. The standard InChI is InChI=1S/C26H34N4O/c1-16-2-4-22-21(3-5-23(28-22)30-7-6-20(27)15-30)25(16)29-24(31)14-26-11-17-8-18(12-26)10-19(9-17)13-26/h2-5,17-20H,6-15,27H2,1H3,(H,29,31)/t17?,18?,19?,20-,26?/m0/s1. The lowest BCUT2D eigenvalue weighted by Gasteiger charge is -2.56. The van der Waals surface area contributed by atoms with Crippen LogP contribution in [0.5, 0.6) is 0 Å². The van der Waals surface area contributed by atoms with Crippen LogP contribution in [0.25, 0.3) is 10.9 Å². The second-order valence-electron chi connectivity index (χ2n) is 11.1. The minimum absolute atomic E-state index is 0.187. The summed E-state index contributed by atoms with van der Waals surface area (Å²) in [5, 5.41) is 4.35. The Morgan fingerprint density at radius 1 is 1.13 bits per heavy atom. The summed E-state index contributed by atoms with van der Waals surface area (Å²) in [4.78, 5) is 20.4. The van der Waals surface area contributed by atoms with Gasteiger partial charge in [-0.15, -0.1) is 0 Å². The third-order valence-corrected chi connectivity index (χ3v) is 8.58. The van der Waals surface area contributed by atoms with E-state index in [-0.39, 0.29) is 17.4 Å². The molecule has 1 aromatic heterocycles. The molecule has 7 rings (SSSR count). The van der Waals surface area contributed by atoms with Crippen molar-refractivity contribution >= 4 is 28.3 Å². The number of aromatic nitrogens is 1. The Labute approximate surface area is 184 Å². The van der Waals surface area contributed by atoms with Crippen molar-refractivity contribution in [3.8, 4) is 0 Å². The van der Waals surface area contributed by atoms with Gasteiger partial charge in [0.15, 0.2) is 0 Å². The Bertz CT molecular complexity index is 996. The van der Waals surface area contributed by atoms with Gasteiger partial charge in [-0.3, -0.25) is 4.79 Å². The number of pyridine rings is 1. The predicted octanol–water partition coefficient (Wildman–Crippen LogP) is 4.63. The molecule has 0 radical (unpaired) electrons. The summed E-state index contributed by atoms with van der Waals surface area (Å²) in [5.74, 6) is 3.79. The van der Waals surface area contributed by atoms with Crippen molar-refractivity contribution in [2.24, 2.45) is 28.9 Å². The molecule has 0 spiro atoms. The van der Waals surface area contributed by atoms with Crippen LogP contribution in [0.2, 0.25) is 0 Å². The molecule has 4 saturated carbocycles. The number of hydrogen-bond donors (Lipinski definition) is 2. The highest BCUT2D eigenvalue weighted by molar-refractivity contribution is 6.02. The van der Waals surface area contributed by atoms with Crippen molar-refractivity contribution in [1.82, 2.24) is 4.98 Å². The second-order valence-corrected chi connectivity index (χ2v) is 11.1. The monoisotopic (exact) mass is 418 g/mol. The van der Waals surface area contributed by atoms with Gasteiger partial charge in [0.2, 0.25) is 5.91 Å². The lowest BCUT2D eigenvalue weighted by atomic mass is 9.49. The number of carbonyl (C=O) groups excluding carboxylic acids is 1. The number of fused-ring (bicyclic) bond motifs is 1. The number of nitrogens with two attached hydrogens (primary N) is 1. The van der Waals surface area contributed by atoms with E-state index in [4.69, 9.17) is 10.7 Å². The number of benzene rings is 1. The second kappa shape index (κ2) is 7.19. The molecule has 1 atom stereocenters. The van der Waals surface area contributed by atoms with E-state index in [9.17, 15) is 4.79 Å². The molecule has 1 aliphatic heterocycles. The third kappa shape index (κ3) is 3.51. The SMILES string of the molecule is Cc1ccc2nc(N3CC[C@H](N)C3)ccc2c1NC(=O)CC12CC3CC(CC(C3)C1)C2. The predicted molar refractivity (Wildman–Crippen MR) is 125 cm³/mol. The van der Waals surface area contributed by atoms with Gasteiger partial charge in [-0.05, 0) is 98.8 Å². The molecule has 2 aromatic rings. The van der Waals surface area contributed by atoms with E-state index in [1.165, 1.54) is 38.5 Å². The van der Waals surface area contributed by atoms with E-state index in [2.05, 4.69) is 41.4 Å². The maximum absolute atomic E-state index is 13.3. The highest BCUT2D eigenvalue weighted by atomic mass is 16.1. The van der Waals surface area contributed by atoms with Crippen LogP contribution < -0.4 is 16.0 Å². The van der Waals surface area contributed by atoms with Crippen molar-refractivity contribution in [3.63, 3.8) is 0 Å². The van der Waals surface area contributed by atoms with Crippen molar-refractivity contribution in [2.45, 2.75) is 64.3 Å². The molecule has 5 heteroatoms. The van der Waals surface area contributed by atoms with Gasteiger partial charge in [-0.25, -0.2) is 4.98 Å². The van der Waals surface area contributed by atoms with Crippen LogP contribution >= 0.6 is 0 Å². The lowest BCUT2D eigenvalue weighted by Crippen LogP contribution is -2.47. The molecule has 5 fully saturated rings. The van der Waals surface area contributed by atoms with Crippen molar-refractivity contribution in [1.29, 1.82) is 0 Å². The van der Waals surface area contributed by atoms with E-state index in [1.807, 2.05) is 0 Å². The number of nitrogens with zero attached hydrogens (tertiary/aromatic N) is 2. The zero-order valence-electron chi connectivity index (χ0n) is 18.6. The summed E-state index contributed by atoms with van der Waals surface area (Å²) in [7, 11) is 0. The van der Waals surface area contributed by atoms with Crippen molar-refractivity contribution in [3.05, 3.63) is 29.8 Å². The number of aryl methyl sites for hydroxylation is 1. The van der Waals surface area contributed by atoms with Crippen molar-refractivity contribution in [2.75, 3.05) is 23.3 Å². The minimum Gasteiger partial charge on any atom is -0.355 e. The first-order chi connectivity index (χ1) is 15.0. The fourth-order valence-electron chi connectivity index (χ4n) is 7.67. The summed E-state index contributed by atoms with van der Waals surface area (Å²) < 4.78 is 0. The van der Waals surface area contributed by atoms with Gasteiger partial charge in [-0.1, -0.05) is 6.07 Å². The van der Waals surface area contributed by atoms with E-state index in [0.717, 1.165) is 65.2 Å². The summed E-state index contributed by atoms with van der Waals surface area (Å²) >= 11 is 0. The van der Waals surface area contributed by atoms with E-state index >= 15 is 0 Å². The topological polar surface area (TPSA) is 71.2 Å². The molecule has 1 amide bonds. The highest BCUT2D eigenvalue weighted by Gasteiger charge is 2.51. The van der Waals surface area contributed by atoms with Crippen LogP contribution in [-0.2, 0) is 4.79 Å². The molecular formula is C26H34N4O. The Hall–Kier alpha value is -2.14. The van der Waals surface area contributed by atoms with Gasteiger partial charge in [0, 0.05) is 30.9 Å². The van der Waals surface area contributed by atoms with Gasteiger partial charge < -0.3 is 16.0 Å². The zero-order valence-corrected chi connectivity index (χ0v) is 18.6. The Balaban J connectivity index is 1.23. The average Bonchev–Trinajstić information content (AvgIpc) is 3.15. The number of nitrogens with one attached hydrogen (secondary N) is 1. The fourth-order valence-corrected chi connectivity index (χ4v) is 7.67. The fraction of sp³-hybridized carbons (Fsp3) is 0.615. The van der Waals surface area contributed by atoms with Crippen molar-refractivity contribution < 1.29 is 4.79 Å². The van der Waals surface area contributed by atoms with Gasteiger partial charge in [0.1, 0.15) is 5.82 Å². The van der Waals surface area contributed by atoms with E-state index in [0.29, 0.717) is 6.42 Å². The molecule has 3 N–H and O–H groups in total. The van der Waals surface area contributed by atoms with Crippen LogP contribution in [-0.4, -0.2) is 30.0 Å². The molecule has 1 saturated heterocycles. The average molecular weight is 419 g/mol. The Morgan fingerprint density at radius 3 is 2.48 bits per heavy atom. The lowest BCUT2D eigenvalue weighted by molar-refractivity contribution is -0.124. The molecule has 0 unspecified atom stereocenters. The largest absolute Gasteiger partial charge is 0.355 e. The molecule has 1 aromatic carbocycles. The summed E-state index contributed by atoms with van der Waals surface area (Å²) in [6.45, 7) is 3.90. The Morgan fingerprint density at radius 2 is 1.84 bits per heavy atom. The minimum atomic E-state index is 0.187. The van der Waals surface area contributed by atoms with Gasteiger partial charge >= 0.3 is 0 Å².